The van der Waals surface area contributed by atoms with E-state index in [4.69, 9.17) is 4.74 Å². The van der Waals surface area contributed by atoms with Crippen molar-refractivity contribution in [2.45, 2.75) is 13.3 Å². The molecule has 80 valence electrons. The summed E-state index contributed by atoms with van der Waals surface area (Å²) in [6, 6.07) is 7.22. The largest absolute Gasteiger partial charge is 0.497 e. The van der Waals surface area contributed by atoms with Crippen LogP contribution in [-0.2, 0) is 0 Å². The van der Waals surface area contributed by atoms with Gasteiger partial charge in [-0.15, -0.1) is 0 Å². The van der Waals surface area contributed by atoms with Crippen molar-refractivity contribution in [1.82, 2.24) is 0 Å². The van der Waals surface area contributed by atoms with Gasteiger partial charge in [0.15, 0.2) is 0 Å². The molecule has 0 aromatic heterocycles. The summed E-state index contributed by atoms with van der Waals surface area (Å²) >= 11 is 0. The van der Waals surface area contributed by atoms with Gasteiger partial charge in [0.05, 0.1) is 12.0 Å². The molecule has 4 heteroatoms. The Kier molecular flexibility index (Phi) is 3.85. The Balaban J connectivity index is 2.98. The maximum Gasteiger partial charge on any atom is 0.238 e. The van der Waals surface area contributed by atoms with Crippen molar-refractivity contribution in [2.24, 2.45) is 0 Å². The normalized spacial score (nSPS) is 11.2. The van der Waals surface area contributed by atoms with E-state index in [2.05, 4.69) is 0 Å². The Hall–Kier alpha value is -1.84. The Morgan fingerprint density at radius 3 is 2.47 bits per heavy atom. The third-order valence-electron chi connectivity index (χ3n) is 2.10. The maximum absolute atomic E-state index is 10.4. The van der Waals surface area contributed by atoms with Gasteiger partial charge in [-0.3, -0.25) is 10.1 Å². The lowest BCUT2D eigenvalue weighted by molar-refractivity contribution is -0.401. The van der Waals surface area contributed by atoms with Crippen LogP contribution in [0.5, 0.6) is 5.75 Å². The fourth-order valence-corrected chi connectivity index (χ4v) is 1.30. The predicted molar refractivity (Wildman–Crippen MR) is 58.3 cm³/mol. The summed E-state index contributed by atoms with van der Waals surface area (Å²) in [4.78, 5) is 9.94. The molecule has 0 radical (unpaired) electrons. The van der Waals surface area contributed by atoms with E-state index in [-0.39, 0.29) is 0 Å². The lowest BCUT2D eigenvalue weighted by atomic mass is 10.0. The number of ether oxygens (including phenoxy) is 1. The number of rotatable bonds is 4. The molecular weight excluding hydrogens is 194 g/mol. The average molecular weight is 207 g/mol. The second-order valence-corrected chi connectivity index (χ2v) is 3.02. The van der Waals surface area contributed by atoms with Crippen LogP contribution in [0.4, 0.5) is 0 Å². The molecule has 0 spiro atoms. The van der Waals surface area contributed by atoms with Gasteiger partial charge in [0.2, 0.25) is 6.20 Å². The topological polar surface area (TPSA) is 52.4 Å². The van der Waals surface area contributed by atoms with E-state index in [9.17, 15) is 10.1 Å². The molecule has 0 saturated heterocycles. The number of methoxy groups -OCH3 is 1. The second-order valence-electron chi connectivity index (χ2n) is 3.02. The van der Waals surface area contributed by atoms with Gasteiger partial charge in [-0.2, -0.15) is 0 Å². The fraction of sp³-hybridized carbons (Fsp3) is 0.273. The molecule has 1 rings (SSSR count). The molecular formula is C11H13NO3. The number of benzene rings is 1. The van der Waals surface area contributed by atoms with E-state index in [1.54, 1.807) is 19.2 Å². The Morgan fingerprint density at radius 2 is 2.07 bits per heavy atom. The quantitative estimate of drug-likeness (QED) is 0.563. The molecule has 0 N–H and O–H groups in total. The first-order valence-corrected chi connectivity index (χ1v) is 4.66. The summed E-state index contributed by atoms with van der Waals surface area (Å²) in [5.41, 5.74) is 1.57. The molecule has 0 aliphatic heterocycles. The standard InChI is InChI=1S/C11H13NO3/c1-3-9(8-12(13)14)10-4-6-11(15-2)7-5-10/h4-8H,3H2,1-2H3/b9-8-. The highest BCUT2D eigenvalue weighted by molar-refractivity contribution is 5.64. The molecule has 0 aliphatic carbocycles. The number of allylic oxidation sites excluding steroid dienone is 1. The number of nitro groups is 1. The van der Waals surface area contributed by atoms with Crippen LogP contribution in [-0.4, -0.2) is 12.0 Å². The minimum absolute atomic E-state index is 0.428. The zero-order valence-corrected chi connectivity index (χ0v) is 8.77. The van der Waals surface area contributed by atoms with Crippen LogP contribution >= 0.6 is 0 Å². The molecule has 0 aliphatic rings. The van der Waals surface area contributed by atoms with Crippen molar-refractivity contribution < 1.29 is 9.66 Å². The van der Waals surface area contributed by atoms with Crippen molar-refractivity contribution >= 4 is 5.57 Å². The molecule has 4 nitrogen and oxygen atoms in total. The SMILES string of the molecule is CC/C(=C/[N+](=O)[O-])c1ccc(OC)cc1. The summed E-state index contributed by atoms with van der Waals surface area (Å²) in [5.74, 6) is 0.746. The summed E-state index contributed by atoms with van der Waals surface area (Å²) in [6.07, 6.45) is 1.68. The number of hydrogen-bond donors (Lipinski definition) is 0. The summed E-state index contributed by atoms with van der Waals surface area (Å²) in [6.45, 7) is 1.89. The van der Waals surface area contributed by atoms with Crippen molar-refractivity contribution in [1.29, 1.82) is 0 Å². The smallest absolute Gasteiger partial charge is 0.238 e. The van der Waals surface area contributed by atoms with Crippen LogP contribution < -0.4 is 4.74 Å². The molecule has 0 bridgehead atoms. The number of nitrogens with zero attached hydrogens (tertiary/aromatic N) is 1. The van der Waals surface area contributed by atoms with E-state index in [1.165, 1.54) is 0 Å². The third-order valence-corrected chi connectivity index (χ3v) is 2.10. The van der Waals surface area contributed by atoms with Gasteiger partial charge in [0, 0.05) is 5.57 Å². The predicted octanol–water partition coefficient (Wildman–Crippen LogP) is 2.72. The van der Waals surface area contributed by atoms with E-state index < -0.39 is 4.92 Å². The van der Waals surface area contributed by atoms with Gasteiger partial charge in [0.1, 0.15) is 5.75 Å². The molecule has 0 atom stereocenters. The Labute approximate surface area is 88.3 Å². The molecule has 0 fully saturated rings. The first-order chi connectivity index (χ1) is 7.17. The first kappa shape index (κ1) is 11.2. The highest BCUT2D eigenvalue weighted by Gasteiger charge is 2.04. The van der Waals surface area contributed by atoms with Crippen LogP contribution in [0.15, 0.2) is 30.5 Å². The van der Waals surface area contributed by atoms with Crippen LogP contribution in [0.2, 0.25) is 0 Å². The summed E-state index contributed by atoms with van der Waals surface area (Å²) < 4.78 is 5.01. The van der Waals surface area contributed by atoms with Gasteiger partial charge in [-0.05, 0) is 24.1 Å². The molecule has 0 unspecified atom stereocenters. The first-order valence-electron chi connectivity index (χ1n) is 4.66. The van der Waals surface area contributed by atoms with E-state index >= 15 is 0 Å². The third kappa shape index (κ3) is 3.09. The van der Waals surface area contributed by atoms with Crippen LogP contribution in [0.3, 0.4) is 0 Å². The average Bonchev–Trinajstić information content (AvgIpc) is 2.26. The van der Waals surface area contributed by atoms with Crippen molar-refractivity contribution in [2.75, 3.05) is 7.11 Å². The molecule has 0 amide bonds. The van der Waals surface area contributed by atoms with Crippen LogP contribution in [0.25, 0.3) is 5.57 Å². The minimum Gasteiger partial charge on any atom is -0.497 e. The van der Waals surface area contributed by atoms with E-state index in [0.717, 1.165) is 17.5 Å². The zero-order valence-electron chi connectivity index (χ0n) is 8.77. The molecule has 15 heavy (non-hydrogen) atoms. The second kappa shape index (κ2) is 5.14. The lowest BCUT2D eigenvalue weighted by Gasteiger charge is -2.03. The summed E-state index contributed by atoms with van der Waals surface area (Å²) in [7, 11) is 1.59. The van der Waals surface area contributed by atoms with Gasteiger partial charge < -0.3 is 4.74 Å². The van der Waals surface area contributed by atoms with Crippen LogP contribution in [0, 0.1) is 10.1 Å². The van der Waals surface area contributed by atoms with Crippen molar-refractivity contribution in [3.8, 4) is 5.75 Å². The van der Waals surface area contributed by atoms with Gasteiger partial charge in [-0.1, -0.05) is 19.1 Å². The Morgan fingerprint density at radius 1 is 1.47 bits per heavy atom. The molecule has 1 aromatic rings. The van der Waals surface area contributed by atoms with Gasteiger partial charge in [-0.25, -0.2) is 0 Å². The highest BCUT2D eigenvalue weighted by atomic mass is 16.6. The van der Waals surface area contributed by atoms with Crippen molar-refractivity contribution in [3.63, 3.8) is 0 Å². The lowest BCUT2D eigenvalue weighted by Crippen LogP contribution is -1.90. The van der Waals surface area contributed by atoms with Gasteiger partial charge >= 0.3 is 0 Å². The molecule has 1 aromatic carbocycles. The monoisotopic (exact) mass is 207 g/mol. The molecule has 0 heterocycles. The van der Waals surface area contributed by atoms with E-state index in [0.29, 0.717) is 12.0 Å². The fourth-order valence-electron chi connectivity index (χ4n) is 1.30. The Bertz CT molecular complexity index is 368. The zero-order chi connectivity index (χ0) is 11.3. The summed E-state index contributed by atoms with van der Waals surface area (Å²) in [5, 5.41) is 10.4. The molecule has 0 saturated carbocycles. The van der Waals surface area contributed by atoms with Gasteiger partial charge in [0.25, 0.3) is 0 Å². The maximum atomic E-state index is 10.4. The van der Waals surface area contributed by atoms with E-state index in [1.807, 2.05) is 19.1 Å². The van der Waals surface area contributed by atoms with Crippen LogP contribution in [0.1, 0.15) is 18.9 Å². The van der Waals surface area contributed by atoms with Crippen molar-refractivity contribution in [3.05, 3.63) is 46.1 Å². The minimum atomic E-state index is -0.428. The number of hydrogen-bond acceptors (Lipinski definition) is 3. The highest BCUT2D eigenvalue weighted by Crippen LogP contribution is 2.20.